The Bertz CT molecular complexity index is 349. The molecule has 1 aliphatic carbocycles. The second-order valence-corrected chi connectivity index (χ2v) is 7.36. The van der Waals surface area contributed by atoms with E-state index in [0.717, 1.165) is 19.4 Å². The van der Waals surface area contributed by atoms with Crippen molar-refractivity contribution in [3.05, 3.63) is 0 Å². The molecule has 3 fully saturated rings. The number of rotatable bonds is 2. The van der Waals surface area contributed by atoms with Gasteiger partial charge in [0.15, 0.2) is 0 Å². The zero-order valence-electron chi connectivity index (χ0n) is 12.5. The van der Waals surface area contributed by atoms with Gasteiger partial charge < -0.3 is 10.5 Å². The summed E-state index contributed by atoms with van der Waals surface area (Å²) >= 11 is 5.31. The number of hydrogen-bond donors (Lipinski definition) is 1. The predicted molar refractivity (Wildman–Crippen MR) is 85.9 cm³/mol. The van der Waals surface area contributed by atoms with Gasteiger partial charge in [0.05, 0.1) is 16.6 Å². The van der Waals surface area contributed by atoms with Crippen LogP contribution >= 0.6 is 12.2 Å². The molecule has 1 spiro atoms. The molecule has 2 unspecified atom stereocenters. The highest BCUT2D eigenvalue weighted by molar-refractivity contribution is 7.80. The van der Waals surface area contributed by atoms with Gasteiger partial charge in [0.25, 0.3) is 0 Å². The van der Waals surface area contributed by atoms with E-state index in [0.29, 0.717) is 17.1 Å². The monoisotopic (exact) mass is 296 g/mol. The largest absolute Gasteiger partial charge is 0.392 e. The zero-order valence-corrected chi connectivity index (χ0v) is 13.3. The summed E-state index contributed by atoms with van der Waals surface area (Å²) in [6, 6.07) is 0.969. The number of likely N-dealkylation sites (tertiary alicyclic amines) is 1. The molecule has 0 aromatic rings. The van der Waals surface area contributed by atoms with Crippen LogP contribution in [0.4, 0.5) is 0 Å². The molecule has 2 heterocycles. The molecule has 2 atom stereocenters. The molecule has 0 amide bonds. The van der Waals surface area contributed by atoms with Crippen molar-refractivity contribution in [3.8, 4) is 0 Å². The maximum absolute atomic E-state index is 6.23. The summed E-state index contributed by atoms with van der Waals surface area (Å²) in [5.41, 5.74) is 6.17. The third-order valence-corrected chi connectivity index (χ3v) is 5.85. The van der Waals surface area contributed by atoms with Crippen molar-refractivity contribution in [2.75, 3.05) is 13.2 Å². The first-order valence-electron chi connectivity index (χ1n) is 8.39. The van der Waals surface area contributed by atoms with Gasteiger partial charge in [-0.2, -0.15) is 0 Å². The van der Waals surface area contributed by atoms with Crippen LogP contribution in [0, 0.1) is 0 Å². The van der Waals surface area contributed by atoms with Gasteiger partial charge in [-0.15, -0.1) is 0 Å². The minimum atomic E-state index is 0.180. The molecule has 20 heavy (non-hydrogen) atoms. The van der Waals surface area contributed by atoms with Crippen molar-refractivity contribution in [1.82, 2.24) is 4.90 Å². The SMILES string of the molecule is NC(=S)C1CCCCN1C1CCOC2(CCCCC2)C1. The average Bonchev–Trinajstić information content (AvgIpc) is 2.48. The standard InChI is InChI=1S/C16H28N2OS/c17-15(20)14-6-2-5-10-18(14)13-7-11-19-16(12-13)8-3-1-4-9-16/h13-14H,1-12H2,(H2,17,20). The van der Waals surface area contributed by atoms with Crippen LogP contribution in [-0.4, -0.2) is 40.7 Å². The Morgan fingerprint density at radius 2 is 1.90 bits per heavy atom. The van der Waals surface area contributed by atoms with E-state index in [2.05, 4.69) is 4.90 Å². The molecule has 114 valence electrons. The Morgan fingerprint density at radius 1 is 1.10 bits per heavy atom. The fraction of sp³-hybridized carbons (Fsp3) is 0.938. The second kappa shape index (κ2) is 6.29. The maximum Gasteiger partial charge on any atom is 0.0902 e. The van der Waals surface area contributed by atoms with Gasteiger partial charge in [-0.3, -0.25) is 4.90 Å². The van der Waals surface area contributed by atoms with E-state index < -0.39 is 0 Å². The van der Waals surface area contributed by atoms with Gasteiger partial charge in [0.1, 0.15) is 0 Å². The summed E-state index contributed by atoms with van der Waals surface area (Å²) in [7, 11) is 0. The van der Waals surface area contributed by atoms with Crippen molar-refractivity contribution in [1.29, 1.82) is 0 Å². The van der Waals surface area contributed by atoms with Crippen molar-refractivity contribution in [3.63, 3.8) is 0 Å². The fourth-order valence-electron chi connectivity index (χ4n) is 4.53. The van der Waals surface area contributed by atoms with E-state index in [9.17, 15) is 0 Å². The van der Waals surface area contributed by atoms with Crippen LogP contribution in [0.1, 0.15) is 64.2 Å². The molecule has 0 radical (unpaired) electrons. The Hall–Kier alpha value is -0.190. The molecule has 2 aliphatic heterocycles. The van der Waals surface area contributed by atoms with E-state index >= 15 is 0 Å². The van der Waals surface area contributed by atoms with Gasteiger partial charge in [-0.05, 0) is 45.1 Å². The summed E-state index contributed by atoms with van der Waals surface area (Å²) in [5, 5.41) is 0. The molecule has 3 aliphatic rings. The van der Waals surface area contributed by atoms with Gasteiger partial charge in [0, 0.05) is 12.6 Å². The number of thiocarbonyl (C=S) groups is 1. The third-order valence-electron chi connectivity index (χ3n) is 5.57. The Kier molecular flexibility index (Phi) is 4.63. The van der Waals surface area contributed by atoms with Crippen LogP contribution in [0.5, 0.6) is 0 Å². The van der Waals surface area contributed by atoms with Crippen LogP contribution in [-0.2, 0) is 4.74 Å². The average molecular weight is 296 g/mol. The van der Waals surface area contributed by atoms with Crippen LogP contribution < -0.4 is 5.73 Å². The van der Waals surface area contributed by atoms with Gasteiger partial charge in [-0.25, -0.2) is 0 Å². The molecule has 4 heteroatoms. The topological polar surface area (TPSA) is 38.5 Å². The van der Waals surface area contributed by atoms with Gasteiger partial charge >= 0.3 is 0 Å². The minimum absolute atomic E-state index is 0.180. The van der Waals surface area contributed by atoms with Crippen LogP contribution in [0.25, 0.3) is 0 Å². The fourth-order valence-corrected chi connectivity index (χ4v) is 4.78. The molecule has 1 saturated carbocycles. The van der Waals surface area contributed by atoms with Gasteiger partial charge in [-0.1, -0.05) is 37.9 Å². The summed E-state index contributed by atoms with van der Waals surface area (Å²) < 4.78 is 6.23. The quantitative estimate of drug-likeness (QED) is 0.795. The van der Waals surface area contributed by atoms with Gasteiger partial charge in [0.2, 0.25) is 0 Å². The summed E-state index contributed by atoms with van der Waals surface area (Å²) in [6.07, 6.45) is 12.7. The van der Waals surface area contributed by atoms with E-state index in [4.69, 9.17) is 22.7 Å². The lowest BCUT2D eigenvalue weighted by molar-refractivity contribution is -0.127. The first kappa shape index (κ1) is 14.7. The second-order valence-electron chi connectivity index (χ2n) is 6.89. The van der Waals surface area contributed by atoms with Crippen LogP contribution in [0.15, 0.2) is 0 Å². The number of nitrogens with two attached hydrogens (primary N) is 1. The smallest absolute Gasteiger partial charge is 0.0902 e. The van der Waals surface area contributed by atoms with Crippen LogP contribution in [0.3, 0.4) is 0 Å². The first-order valence-corrected chi connectivity index (χ1v) is 8.80. The molecule has 3 nitrogen and oxygen atoms in total. The Balaban J connectivity index is 1.70. The van der Waals surface area contributed by atoms with E-state index in [-0.39, 0.29) is 5.60 Å². The Morgan fingerprint density at radius 3 is 2.65 bits per heavy atom. The lowest BCUT2D eigenvalue weighted by atomic mass is 9.77. The highest BCUT2D eigenvalue weighted by atomic mass is 32.1. The predicted octanol–water partition coefficient (Wildman–Crippen LogP) is 3.01. The highest BCUT2D eigenvalue weighted by Crippen LogP contribution is 2.40. The van der Waals surface area contributed by atoms with E-state index in [1.54, 1.807) is 0 Å². The molecular weight excluding hydrogens is 268 g/mol. The summed E-state index contributed by atoms with van der Waals surface area (Å²) in [6.45, 7) is 2.09. The van der Waals surface area contributed by atoms with Crippen LogP contribution in [0.2, 0.25) is 0 Å². The first-order chi connectivity index (χ1) is 9.70. The van der Waals surface area contributed by atoms with E-state index in [1.165, 1.54) is 57.9 Å². The summed E-state index contributed by atoms with van der Waals surface area (Å²) in [5.74, 6) is 0. The number of hydrogen-bond acceptors (Lipinski definition) is 3. The molecule has 2 saturated heterocycles. The lowest BCUT2D eigenvalue weighted by Crippen LogP contribution is -2.56. The Labute approximate surface area is 128 Å². The number of ether oxygens (including phenoxy) is 1. The molecule has 0 aromatic heterocycles. The molecule has 3 rings (SSSR count). The molecule has 2 N–H and O–H groups in total. The highest BCUT2D eigenvalue weighted by Gasteiger charge is 2.42. The summed E-state index contributed by atoms with van der Waals surface area (Å²) in [4.78, 5) is 3.32. The van der Waals surface area contributed by atoms with Crippen molar-refractivity contribution >= 4 is 17.2 Å². The maximum atomic E-state index is 6.23. The van der Waals surface area contributed by atoms with Crippen molar-refractivity contribution in [2.24, 2.45) is 5.73 Å². The molecule has 0 aromatic carbocycles. The minimum Gasteiger partial charge on any atom is -0.392 e. The number of piperidine rings is 1. The lowest BCUT2D eigenvalue weighted by Gasteiger charge is -2.49. The molecular formula is C16H28N2OS. The molecule has 0 bridgehead atoms. The van der Waals surface area contributed by atoms with Crippen molar-refractivity contribution < 1.29 is 4.74 Å². The number of nitrogens with zero attached hydrogens (tertiary/aromatic N) is 1. The zero-order chi connectivity index (χ0) is 14.0. The van der Waals surface area contributed by atoms with E-state index in [1.807, 2.05) is 0 Å². The third kappa shape index (κ3) is 3.02. The van der Waals surface area contributed by atoms with Crippen molar-refractivity contribution in [2.45, 2.75) is 81.9 Å². The normalized spacial score (nSPS) is 35.0.